The summed E-state index contributed by atoms with van der Waals surface area (Å²) in [6.45, 7) is 2.92. The van der Waals surface area contributed by atoms with Crippen molar-refractivity contribution in [2.75, 3.05) is 17.2 Å². The molecule has 8 heteroatoms. The van der Waals surface area contributed by atoms with Crippen molar-refractivity contribution >= 4 is 17.5 Å². The molecule has 0 bridgehead atoms. The van der Waals surface area contributed by atoms with Crippen molar-refractivity contribution in [3.05, 3.63) is 30.5 Å². The van der Waals surface area contributed by atoms with Crippen LogP contribution < -0.4 is 10.6 Å². The van der Waals surface area contributed by atoms with Gasteiger partial charge in [-0.05, 0) is 29.0 Å². The summed E-state index contributed by atoms with van der Waals surface area (Å²) in [7, 11) is 0. The minimum absolute atomic E-state index is 0.589. The maximum Gasteiger partial charge on any atom is 0.224 e. The van der Waals surface area contributed by atoms with Gasteiger partial charge in [-0.1, -0.05) is 19.1 Å². The van der Waals surface area contributed by atoms with Crippen LogP contribution in [-0.2, 0) is 0 Å². The molecule has 0 saturated heterocycles. The molecule has 0 spiro atoms. The third-order valence-electron chi connectivity index (χ3n) is 3.42. The molecule has 0 aliphatic carbocycles. The summed E-state index contributed by atoms with van der Waals surface area (Å²) in [5, 5.41) is 18.5. The Labute approximate surface area is 126 Å². The first-order valence-corrected chi connectivity index (χ1v) is 7.13. The summed E-state index contributed by atoms with van der Waals surface area (Å²) in [5.74, 6) is 1.90. The fraction of sp³-hybridized carbons (Fsp3) is 0.214. The molecule has 1 aliphatic rings. The maximum absolute atomic E-state index is 4.55. The van der Waals surface area contributed by atoms with E-state index < -0.39 is 0 Å². The van der Waals surface area contributed by atoms with Crippen LogP contribution in [0, 0.1) is 0 Å². The molecule has 0 unspecified atom stereocenters. The van der Waals surface area contributed by atoms with Gasteiger partial charge in [0.1, 0.15) is 5.82 Å². The molecule has 3 aromatic rings. The molecule has 2 aromatic heterocycles. The van der Waals surface area contributed by atoms with Crippen LogP contribution in [0.25, 0.3) is 17.1 Å². The average Bonchev–Trinajstić information content (AvgIpc) is 2.98. The molecule has 0 amide bonds. The van der Waals surface area contributed by atoms with Crippen LogP contribution in [0.1, 0.15) is 13.3 Å². The Bertz CT molecular complexity index is 825. The molecule has 1 aromatic carbocycles. The van der Waals surface area contributed by atoms with E-state index in [1.807, 2.05) is 24.3 Å². The molecule has 0 fully saturated rings. The highest BCUT2D eigenvalue weighted by Gasteiger charge is 2.22. The van der Waals surface area contributed by atoms with E-state index in [-0.39, 0.29) is 0 Å². The summed E-state index contributed by atoms with van der Waals surface area (Å²) >= 11 is 0. The minimum Gasteiger partial charge on any atom is -0.354 e. The Kier molecular flexibility index (Phi) is 2.92. The van der Waals surface area contributed by atoms with Gasteiger partial charge in [-0.2, -0.15) is 9.67 Å². The first-order valence-electron chi connectivity index (χ1n) is 7.13. The normalized spacial score (nSPS) is 11.7. The van der Waals surface area contributed by atoms with Gasteiger partial charge >= 0.3 is 0 Å². The molecule has 0 saturated carbocycles. The number of aromatic nitrogens is 6. The Morgan fingerprint density at radius 1 is 1.27 bits per heavy atom. The van der Waals surface area contributed by atoms with Gasteiger partial charge in [0, 0.05) is 12.7 Å². The molecule has 0 atom stereocenters. The van der Waals surface area contributed by atoms with E-state index in [2.05, 4.69) is 43.1 Å². The second kappa shape index (κ2) is 5.06. The number of hydrogen-bond acceptors (Lipinski definition) is 7. The van der Waals surface area contributed by atoms with Gasteiger partial charge in [0.15, 0.2) is 5.82 Å². The topological polar surface area (TPSA) is 93.4 Å². The van der Waals surface area contributed by atoms with Gasteiger partial charge in [0.2, 0.25) is 5.95 Å². The van der Waals surface area contributed by atoms with E-state index in [0.717, 1.165) is 29.9 Å². The van der Waals surface area contributed by atoms with Gasteiger partial charge in [-0.15, -0.1) is 5.10 Å². The van der Waals surface area contributed by atoms with Crippen LogP contribution in [-0.4, -0.2) is 36.7 Å². The molecular weight excluding hydrogens is 280 g/mol. The number of hydrogen-bond donors (Lipinski definition) is 2. The Hall–Kier alpha value is -3.03. The quantitative estimate of drug-likeness (QED) is 0.597. The van der Waals surface area contributed by atoms with E-state index in [1.54, 1.807) is 10.9 Å². The van der Waals surface area contributed by atoms with Crippen LogP contribution in [0.5, 0.6) is 0 Å². The lowest BCUT2D eigenvalue weighted by Crippen LogP contribution is -2.06. The fourth-order valence-corrected chi connectivity index (χ4v) is 2.37. The number of benzene rings is 1. The number of tetrazole rings is 1. The first kappa shape index (κ1) is 12.7. The molecule has 4 rings (SSSR count). The van der Waals surface area contributed by atoms with Gasteiger partial charge < -0.3 is 10.6 Å². The second-order valence-corrected chi connectivity index (χ2v) is 4.94. The SMILES string of the molecule is CCCNc1ncc2c(n1)Nc1ccccc1-n1nnnc1-2. The van der Waals surface area contributed by atoms with Crippen molar-refractivity contribution in [3.8, 4) is 17.1 Å². The zero-order chi connectivity index (χ0) is 14.9. The zero-order valence-electron chi connectivity index (χ0n) is 12.0. The average molecular weight is 294 g/mol. The van der Waals surface area contributed by atoms with Crippen LogP contribution in [0.15, 0.2) is 30.5 Å². The molecule has 110 valence electrons. The molecular formula is C14H14N8. The maximum atomic E-state index is 4.55. The van der Waals surface area contributed by atoms with Crippen LogP contribution in [0.3, 0.4) is 0 Å². The van der Waals surface area contributed by atoms with Crippen molar-refractivity contribution in [2.24, 2.45) is 0 Å². The zero-order valence-corrected chi connectivity index (χ0v) is 12.0. The van der Waals surface area contributed by atoms with Crippen molar-refractivity contribution in [1.82, 2.24) is 30.2 Å². The highest BCUT2D eigenvalue weighted by molar-refractivity contribution is 5.81. The minimum atomic E-state index is 0.589. The van der Waals surface area contributed by atoms with Gasteiger partial charge in [0.25, 0.3) is 0 Å². The molecule has 2 N–H and O–H groups in total. The smallest absolute Gasteiger partial charge is 0.224 e. The monoisotopic (exact) mass is 294 g/mol. The van der Waals surface area contributed by atoms with E-state index >= 15 is 0 Å². The number of nitrogens with one attached hydrogen (secondary N) is 2. The number of anilines is 3. The predicted octanol–water partition coefficient (Wildman–Crippen LogP) is 2.00. The van der Waals surface area contributed by atoms with Crippen LogP contribution in [0.4, 0.5) is 17.5 Å². The lowest BCUT2D eigenvalue weighted by molar-refractivity contribution is 0.793. The fourth-order valence-electron chi connectivity index (χ4n) is 2.37. The summed E-state index contributed by atoms with van der Waals surface area (Å²) in [4.78, 5) is 8.89. The molecule has 8 nitrogen and oxygen atoms in total. The highest BCUT2D eigenvalue weighted by Crippen LogP contribution is 2.35. The second-order valence-electron chi connectivity index (χ2n) is 4.94. The Balaban J connectivity index is 1.88. The third kappa shape index (κ3) is 1.96. The lowest BCUT2D eigenvalue weighted by atomic mass is 10.2. The standard InChI is InChI=1S/C14H14N8/c1-2-7-15-14-16-8-9-12(18-14)17-10-5-3-4-6-11(10)22-13(9)19-20-21-22/h3-6,8H,2,7H2,1H3,(H2,15,16,17,18). The predicted molar refractivity (Wildman–Crippen MR) is 82.2 cm³/mol. The number of para-hydroxylation sites is 2. The summed E-state index contributed by atoms with van der Waals surface area (Å²) in [5.41, 5.74) is 2.54. The van der Waals surface area contributed by atoms with E-state index in [0.29, 0.717) is 17.6 Å². The third-order valence-corrected chi connectivity index (χ3v) is 3.42. The number of nitrogens with zero attached hydrogens (tertiary/aromatic N) is 6. The Morgan fingerprint density at radius 2 is 2.18 bits per heavy atom. The summed E-state index contributed by atoms with van der Waals surface area (Å²) < 4.78 is 1.69. The van der Waals surface area contributed by atoms with Crippen molar-refractivity contribution in [3.63, 3.8) is 0 Å². The van der Waals surface area contributed by atoms with E-state index in [9.17, 15) is 0 Å². The summed E-state index contributed by atoms with van der Waals surface area (Å²) in [6, 6.07) is 7.83. The molecule has 3 heterocycles. The molecule has 22 heavy (non-hydrogen) atoms. The first-order chi connectivity index (χ1) is 10.9. The van der Waals surface area contributed by atoms with Crippen LogP contribution in [0.2, 0.25) is 0 Å². The van der Waals surface area contributed by atoms with Crippen molar-refractivity contribution < 1.29 is 0 Å². The largest absolute Gasteiger partial charge is 0.354 e. The van der Waals surface area contributed by atoms with Gasteiger partial charge in [-0.25, -0.2) is 4.98 Å². The highest BCUT2D eigenvalue weighted by atomic mass is 15.5. The van der Waals surface area contributed by atoms with E-state index in [1.165, 1.54) is 0 Å². The summed E-state index contributed by atoms with van der Waals surface area (Å²) in [6.07, 6.45) is 2.75. The lowest BCUT2D eigenvalue weighted by Gasteiger charge is -2.09. The van der Waals surface area contributed by atoms with Gasteiger partial charge in [-0.3, -0.25) is 0 Å². The van der Waals surface area contributed by atoms with Crippen molar-refractivity contribution in [1.29, 1.82) is 0 Å². The van der Waals surface area contributed by atoms with Crippen LogP contribution >= 0.6 is 0 Å². The Morgan fingerprint density at radius 3 is 3.09 bits per heavy atom. The van der Waals surface area contributed by atoms with Gasteiger partial charge in [0.05, 0.1) is 16.9 Å². The molecule has 1 aliphatic heterocycles. The number of fused-ring (bicyclic) bond motifs is 5. The van der Waals surface area contributed by atoms with Crippen molar-refractivity contribution in [2.45, 2.75) is 13.3 Å². The van der Waals surface area contributed by atoms with E-state index in [4.69, 9.17) is 0 Å². The molecule has 0 radical (unpaired) electrons. The number of rotatable bonds is 3.